The van der Waals surface area contributed by atoms with Crippen LogP contribution in [0.1, 0.15) is 12.6 Å². The maximum atomic E-state index is 5.57. The Hall–Kier alpha value is -0.985. The highest BCUT2D eigenvalue weighted by atomic mass is 16.5. The molecule has 0 bridgehead atoms. The fourth-order valence-electron chi connectivity index (χ4n) is 0.850. The minimum atomic E-state index is 0.518. The number of ether oxygens (including phenoxy) is 1. The number of pyridine rings is 1. The molecule has 0 saturated carbocycles. The van der Waals surface area contributed by atoms with E-state index in [1.807, 2.05) is 19.1 Å². The Bertz CT molecular complexity index is 250. The van der Waals surface area contributed by atoms with Crippen molar-refractivity contribution in [2.75, 3.05) is 7.11 Å². The minimum Gasteiger partial charge on any atom is -0.481 e. The Labute approximate surface area is 68.0 Å². The average molecular weight is 147 g/mol. The normalized spacial score (nSPS) is 9.64. The molecular weight excluding hydrogens is 137 g/mol. The van der Waals surface area contributed by atoms with E-state index in [1.54, 1.807) is 7.11 Å². The maximum Gasteiger partial charge on any atom is 0.205 e. The molecule has 0 fully saturated rings. The zero-order valence-corrected chi connectivity index (χ0v) is 6.79. The Morgan fingerprint density at radius 1 is 1.55 bits per heavy atom. The lowest BCUT2D eigenvalue weighted by Crippen LogP contribution is -2.10. The molecule has 0 N–H and O–H groups in total. The molecule has 11 heavy (non-hydrogen) atoms. The standard InChI is InChI=1S/C8H10BNO/c1-3-6-4-5-7(9)8(10-6)11-2/h4-5H,3H2,1-2H3. The summed E-state index contributed by atoms with van der Waals surface area (Å²) in [5.41, 5.74) is 1.58. The van der Waals surface area contributed by atoms with E-state index >= 15 is 0 Å². The fraction of sp³-hybridized carbons (Fsp3) is 0.375. The van der Waals surface area contributed by atoms with Crippen molar-refractivity contribution < 1.29 is 4.74 Å². The van der Waals surface area contributed by atoms with Gasteiger partial charge < -0.3 is 4.74 Å². The summed E-state index contributed by atoms with van der Waals surface area (Å²) in [4.78, 5) is 4.16. The van der Waals surface area contributed by atoms with Crippen molar-refractivity contribution in [3.05, 3.63) is 17.8 Å². The van der Waals surface area contributed by atoms with E-state index in [9.17, 15) is 0 Å². The van der Waals surface area contributed by atoms with Crippen LogP contribution in [0, 0.1) is 0 Å². The molecule has 56 valence electrons. The number of rotatable bonds is 2. The van der Waals surface area contributed by atoms with Gasteiger partial charge in [0.2, 0.25) is 5.88 Å². The Balaban J connectivity index is 3.02. The molecule has 0 unspecified atom stereocenters. The van der Waals surface area contributed by atoms with E-state index in [0.29, 0.717) is 11.3 Å². The molecule has 3 heteroatoms. The van der Waals surface area contributed by atoms with Crippen LogP contribution in [-0.2, 0) is 6.42 Å². The van der Waals surface area contributed by atoms with Crippen molar-refractivity contribution in [1.29, 1.82) is 0 Å². The SMILES string of the molecule is [B]c1ccc(CC)nc1OC. The molecule has 0 aliphatic heterocycles. The highest BCUT2D eigenvalue weighted by Gasteiger charge is 1.98. The second kappa shape index (κ2) is 3.42. The largest absolute Gasteiger partial charge is 0.481 e. The number of nitrogens with zero attached hydrogens (tertiary/aromatic N) is 1. The molecule has 1 heterocycles. The van der Waals surface area contributed by atoms with Crippen molar-refractivity contribution in [1.82, 2.24) is 4.98 Å². The zero-order valence-electron chi connectivity index (χ0n) is 6.79. The van der Waals surface area contributed by atoms with Crippen LogP contribution in [0.2, 0.25) is 0 Å². The highest BCUT2D eigenvalue weighted by Crippen LogP contribution is 2.03. The summed E-state index contributed by atoms with van der Waals surface area (Å²) in [6.45, 7) is 2.04. The van der Waals surface area contributed by atoms with Gasteiger partial charge in [-0.1, -0.05) is 13.0 Å². The first kappa shape index (κ1) is 8.11. The van der Waals surface area contributed by atoms with Gasteiger partial charge in [0.05, 0.1) is 7.11 Å². The van der Waals surface area contributed by atoms with Crippen LogP contribution in [0.3, 0.4) is 0 Å². The van der Waals surface area contributed by atoms with Crippen molar-refractivity contribution in [3.63, 3.8) is 0 Å². The third-order valence-electron chi connectivity index (χ3n) is 1.50. The third-order valence-corrected chi connectivity index (χ3v) is 1.50. The van der Waals surface area contributed by atoms with Gasteiger partial charge in [0.15, 0.2) is 0 Å². The Kier molecular flexibility index (Phi) is 2.52. The van der Waals surface area contributed by atoms with Crippen LogP contribution in [0.4, 0.5) is 0 Å². The van der Waals surface area contributed by atoms with Gasteiger partial charge in [0.25, 0.3) is 0 Å². The summed E-state index contributed by atoms with van der Waals surface area (Å²) in [5, 5.41) is 0. The number of hydrogen-bond donors (Lipinski definition) is 0. The molecule has 0 atom stereocenters. The molecule has 0 amide bonds. The third kappa shape index (κ3) is 1.73. The number of aromatic nitrogens is 1. The summed E-state index contributed by atoms with van der Waals surface area (Å²) in [5.74, 6) is 0.518. The van der Waals surface area contributed by atoms with E-state index in [0.717, 1.165) is 12.1 Å². The lowest BCUT2D eigenvalue weighted by Gasteiger charge is -2.04. The molecule has 0 saturated heterocycles. The van der Waals surface area contributed by atoms with Gasteiger partial charge in [-0.2, -0.15) is 0 Å². The molecule has 1 rings (SSSR count). The number of methoxy groups -OCH3 is 1. The van der Waals surface area contributed by atoms with Crippen molar-refractivity contribution in [2.24, 2.45) is 0 Å². The smallest absolute Gasteiger partial charge is 0.205 e. The molecule has 1 aromatic rings. The van der Waals surface area contributed by atoms with Crippen molar-refractivity contribution in [3.8, 4) is 5.88 Å². The second-order valence-corrected chi connectivity index (χ2v) is 2.25. The van der Waals surface area contributed by atoms with Gasteiger partial charge in [-0.15, -0.1) is 0 Å². The predicted octanol–water partition coefficient (Wildman–Crippen LogP) is 0.446. The summed E-state index contributed by atoms with van der Waals surface area (Å²) >= 11 is 0. The zero-order chi connectivity index (χ0) is 8.27. The summed E-state index contributed by atoms with van der Waals surface area (Å²) < 4.78 is 4.95. The summed E-state index contributed by atoms with van der Waals surface area (Å²) in [7, 11) is 7.13. The molecule has 2 nitrogen and oxygen atoms in total. The predicted molar refractivity (Wildman–Crippen MR) is 45.6 cm³/mol. The van der Waals surface area contributed by atoms with Gasteiger partial charge in [0.1, 0.15) is 7.85 Å². The van der Waals surface area contributed by atoms with E-state index in [4.69, 9.17) is 12.6 Å². The molecule has 0 spiro atoms. The van der Waals surface area contributed by atoms with E-state index in [2.05, 4.69) is 4.98 Å². The van der Waals surface area contributed by atoms with Crippen LogP contribution in [0.25, 0.3) is 0 Å². The first-order valence-electron chi connectivity index (χ1n) is 3.57. The first-order valence-corrected chi connectivity index (χ1v) is 3.57. The van der Waals surface area contributed by atoms with Crippen molar-refractivity contribution in [2.45, 2.75) is 13.3 Å². The lowest BCUT2D eigenvalue weighted by molar-refractivity contribution is 0.400. The molecule has 1 aromatic heterocycles. The van der Waals surface area contributed by atoms with Crippen molar-refractivity contribution >= 4 is 13.3 Å². The number of aryl methyl sites for hydroxylation is 1. The Morgan fingerprint density at radius 2 is 2.27 bits per heavy atom. The molecule has 0 aromatic carbocycles. The average Bonchev–Trinajstić information content (AvgIpc) is 2.05. The van der Waals surface area contributed by atoms with Crippen LogP contribution in [0.15, 0.2) is 12.1 Å². The molecule has 2 radical (unpaired) electrons. The van der Waals surface area contributed by atoms with E-state index < -0.39 is 0 Å². The second-order valence-electron chi connectivity index (χ2n) is 2.25. The monoisotopic (exact) mass is 147 g/mol. The minimum absolute atomic E-state index is 0.518. The first-order chi connectivity index (χ1) is 5.27. The van der Waals surface area contributed by atoms with E-state index in [-0.39, 0.29) is 0 Å². The van der Waals surface area contributed by atoms with Gasteiger partial charge in [-0.3, -0.25) is 0 Å². The highest BCUT2D eigenvalue weighted by molar-refractivity contribution is 6.33. The lowest BCUT2D eigenvalue weighted by atomic mass is 9.97. The Morgan fingerprint density at radius 3 is 2.82 bits per heavy atom. The maximum absolute atomic E-state index is 5.57. The van der Waals surface area contributed by atoms with Gasteiger partial charge in [-0.25, -0.2) is 4.98 Å². The quantitative estimate of drug-likeness (QED) is 0.566. The molecule has 0 aliphatic carbocycles. The van der Waals surface area contributed by atoms with Crippen LogP contribution in [-0.4, -0.2) is 19.9 Å². The van der Waals surface area contributed by atoms with Crippen LogP contribution < -0.4 is 10.2 Å². The van der Waals surface area contributed by atoms with Crippen LogP contribution >= 0.6 is 0 Å². The van der Waals surface area contributed by atoms with Gasteiger partial charge in [0, 0.05) is 5.69 Å². The number of hydrogen-bond acceptors (Lipinski definition) is 2. The van der Waals surface area contributed by atoms with Crippen LogP contribution in [0.5, 0.6) is 5.88 Å². The van der Waals surface area contributed by atoms with E-state index in [1.165, 1.54) is 0 Å². The molecular formula is C8H10BNO. The summed E-state index contributed by atoms with van der Waals surface area (Å²) in [6, 6.07) is 3.71. The summed E-state index contributed by atoms with van der Waals surface area (Å²) in [6.07, 6.45) is 0.899. The van der Waals surface area contributed by atoms with Gasteiger partial charge in [-0.05, 0) is 17.9 Å². The fourth-order valence-corrected chi connectivity index (χ4v) is 0.850. The topological polar surface area (TPSA) is 22.1 Å². The van der Waals surface area contributed by atoms with Gasteiger partial charge >= 0.3 is 0 Å². The molecule has 0 aliphatic rings.